The fraction of sp³-hybridized carbons (Fsp3) is 0.846. The monoisotopic (exact) mass is 302 g/mol. The molecule has 0 N–H and O–H groups in total. The van der Waals surface area contributed by atoms with Crippen molar-refractivity contribution in [2.75, 3.05) is 18.6 Å². The minimum Gasteiger partial charge on any atom is -0.550 e. The molecule has 3 atom stereocenters. The van der Waals surface area contributed by atoms with Gasteiger partial charge in [-0.1, -0.05) is 12.8 Å². The first-order valence-corrected chi connectivity index (χ1v) is 8.82. The summed E-state index contributed by atoms with van der Waals surface area (Å²) < 4.78 is 22.9. The zero-order valence-electron chi connectivity index (χ0n) is 11.6. The zero-order chi connectivity index (χ0) is 14.9. The van der Waals surface area contributed by atoms with Crippen molar-refractivity contribution in [1.82, 2.24) is 4.90 Å². The Morgan fingerprint density at radius 1 is 1.10 bits per heavy atom. The number of hydrogen-bond donors (Lipinski definition) is 0. The van der Waals surface area contributed by atoms with Gasteiger partial charge in [0.1, 0.15) is 0 Å². The predicted octanol–water partition coefficient (Wildman–Crippen LogP) is -0.812. The van der Waals surface area contributed by atoms with E-state index in [2.05, 4.69) is 0 Å². The molecule has 1 saturated heterocycles. The summed E-state index contributed by atoms with van der Waals surface area (Å²) in [5, 5.41) is 11.1. The Kier molecular flexibility index (Phi) is 4.36. The quantitative estimate of drug-likeness (QED) is 0.679. The van der Waals surface area contributed by atoms with Gasteiger partial charge in [-0.25, -0.2) is 8.42 Å². The molecule has 1 aliphatic carbocycles. The van der Waals surface area contributed by atoms with E-state index in [-0.39, 0.29) is 23.5 Å². The molecule has 2 fully saturated rings. The molecule has 2 aliphatic rings. The van der Waals surface area contributed by atoms with Gasteiger partial charge in [0.05, 0.1) is 11.5 Å². The highest BCUT2D eigenvalue weighted by Gasteiger charge is 2.38. The smallest absolute Gasteiger partial charge is 0.226 e. The maximum Gasteiger partial charge on any atom is 0.226 e. The van der Waals surface area contributed by atoms with Gasteiger partial charge in [-0.05, 0) is 19.3 Å². The van der Waals surface area contributed by atoms with Crippen LogP contribution in [-0.2, 0) is 19.4 Å². The fourth-order valence-corrected chi connectivity index (χ4v) is 5.01. The molecule has 2 rings (SSSR count). The summed E-state index contributed by atoms with van der Waals surface area (Å²) in [5.41, 5.74) is 0. The molecule has 1 amide bonds. The molecule has 0 aromatic rings. The van der Waals surface area contributed by atoms with E-state index in [0.717, 1.165) is 12.8 Å². The summed E-state index contributed by atoms with van der Waals surface area (Å²) in [7, 11) is -1.48. The average molecular weight is 302 g/mol. The highest BCUT2D eigenvalue weighted by atomic mass is 32.2. The van der Waals surface area contributed by atoms with Crippen molar-refractivity contribution < 1.29 is 23.1 Å². The van der Waals surface area contributed by atoms with E-state index in [4.69, 9.17) is 0 Å². The van der Waals surface area contributed by atoms with Crippen LogP contribution in [0.1, 0.15) is 32.1 Å². The lowest BCUT2D eigenvalue weighted by Crippen LogP contribution is -2.48. The van der Waals surface area contributed by atoms with E-state index < -0.39 is 27.6 Å². The van der Waals surface area contributed by atoms with Gasteiger partial charge in [0.25, 0.3) is 0 Å². The minimum absolute atomic E-state index is 0.0159. The van der Waals surface area contributed by atoms with Crippen LogP contribution in [0.2, 0.25) is 0 Å². The number of rotatable bonds is 3. The molecule has 1 saturated carbocycles. The molecule has 1 aliphatic heterocycles. The fourth-order valence-electron chi connectivity index (χ4n) is 3.23. The number of aliphatic carboxylic acids is 1. The molecule has 1 heterocycles. The van der Waals surface area contributed by atoms with Crippen molar-refractivity contribution >= 4 is 21.7 Å². The molecule has 0 unspecified atom stereocenters. The molecule has 0 radical (unpaired) electrons. The molecule has 6 nitrogen and oxygen atoms in total. The Morgan fingerprint density at radius 3 is 2.20 bits per heavy atom. The summed E-state index contributed by atoms with van der Waals surface area (Å²) in [6.07, 6.45) is 3.07. The maximum absolute atomic E-state index is 12.5. The number of amides is 1. The molecule has 0 spiro atoms. The zero-order valence-corrected chi connectivity index (χ0v) is 12.4. The topological polar surface area (TPSA) is 94.6 Å². The second-order valence-corrected chi connectivity index (χ2v) is 8.05. The van der Waals surface area contributed by atoms with Crippen molar-refractivity contribution in [1.29, 1.82) is 0 Å². The van der Waals surface area contributed by atoms with Gasteiger partial charge < -0.3 is 14.8 Å². The highest BCUT2D eigenvalue weighted by Crippen LogP contribution is 2.32. The van der Waals surface area contributed by atoms with E-state index in [1.54, 1.807) is 7.05 Å². The van der Waals surface area contributed by atoms with Gasteiger partial charge in [0, 0.05) is 30.9 Å². The Bertz CT molecular complexity index is 501. The van der Waals surface area contributed by atoms with Crippen molar-refractivity contribution in [2.24, 2.45) is 11.8 Å². The molecule has 7 heteroatoms. The number of sulfone groups is 1. The predicted molar refractivity (Wildman–Crippen MR) is 70.3 cm³/mol. The molecule has 114 valence electrons. The van der Waals surface area contributed by atoms with E-state index in [0.29, 0.717) is 19.3 Å². The van der Waals surface area contributed by atoms with Crippen molar-refractivity contribution in [3.05, 3.63) is 0 Å². The largest absolute Gasteiger partial charge is 0.550 e. The van der Waals surface area contributed by atoms with E-state index in [1.165, 1.54) is 4.90 Å². The second-order valence-electron chi connectivity index (χ2n) is 5.82. The lowest BCUT2D eigenvalue weighted by Gasteiger charge is -2.35. The van der Waals surface area contributed by atoms with Crippen molar-refractivity contribution in [3.8, 4) is 0 Å². The third kappa shape index (κ3) is 3.13. The van der Waals surface area contributed by atoms with Gasteiger partial charge in [-0.3, -0.25) is 4.79 Å². The Morgan fingerprint density at radius 2 is 1.70 bits per heavy atom. The average Bonchev–Trinajstić information content (AvgIpc) is 2.77. The molecule has 0 aromatic carbocycles. The summed E-state index contributed by atoms with van der Waals surface area (Å²) in [6, 6.07) is -0.322. The first-order chi connectivity index (χ1) is 9.32. The number of hydrogen-bond acceptors (Lipinski definition) is 5. The first-order valence-electron chi connectivity index (χ1n) is 7.00. The normalized spacial score (nSPS) is 32.8. The number of carboxylic acids is 1. The van der Waals surface area contributed by atoms with Crippen LogP contribution in [0.4, 0.5) is 0 Å². The van der Waals surface area contributed by atoms with Gasteiger partial charge in [-0.15, -0.1) is 0 Å². The van der Waals surface area contributed by atoms with E-state index in [9.17, 15) is 23.1 Å². The number of carbonyl (C=O) groups excluding carboxylic acids is 2. The molecular formula is C13H20NO5S-. The SMILES string of the molecule is CN(C(=O)[C@H]1CCCC[C@H]1C(=O)[O-])[C@H]1CCS(=O)(=O)C1. The van der Waals surface area contributed by atoms with Crippen LogP contribution in [-0.4, -0.2) is 49.8 Å². The molecule has 0 bridgehead atoms. The van der Waals surface area contributed by atoms with Crippen LogP contribution in [0, 0.1) is 11.8 Å². The van der Waals surface area contributed by atoms with Gasteiger partial charge in [-0.2, -0.15) is 0 Å². The number of carbonyl (C=O) groups is 2. The maximum atomic E-state index is 12.5. The summed E-state index contributed by atoms with van der Waals surface area (Å²) in [4.78, 5) is 25.0. The number of carboxylic acid groups (broad SMARTS) is 1. The Labute approximate surface area is 119 Å². The lowest BCUT2D eigenvalue weighted by molar-refractivity contribution is -0.314. The Balaban J connectivity index is 2.07. The lowest BCUT2D eigenvalue weighted by atomic mass is 9.78. The second kappa shape index (κ2) is 5.71. The van der Waals surface area contributed by atoms with Gasteiger partial charge in [0.2, 0.25) is 5.91 Å². The third-order valence-corrected chi connectivity index (χ3v) is 6.24. The van der Waals surface area contributed by atoms with Gasteiger partial charge >= 0.3 is 0 Å². The standard InChI is InChI=1S/C13H21NO5S/c1-14(9-6-7-20(18,19)8-9)12(15)10-4-2-3-5-11(10)13(16)17/h9-11H,2-8H2,1H3,(H,16,17)/p-1/t9-,10-,11+/m0/s1. The van der Waals surface area contributed by atoms with Crippen LogP contribution in [0.5, 0.6) is 0 Å². The van der Waals surface area contributed by atoms with E-state index in [1.807, 2.05) is 0 Å². The summed E-state index contributed by atoms with van der Waals surface area (Å²) in [6.45, 7) is 0. The van der Waals surface area contributed by atoms with E-state index >= 15 is 0 Å². The third-order valence-electron chi connectivity index (χ3n) is 4.49. The highest BCUT2D eigenvalue weighted by molar-refractivity contribution is 7.91. The van der Waals surface area contributed by atoms with Crippen molar-refractivity contribution in [2.45, 2.75) is 38.1 Å². The summed E-state index contributed by atoms with van der Waals surface area (Å²) in [5.74, 6) is -2.64. The van der Waals surface area contributed by atoms with Crippen LogP contribution in [0.3, 0.4) is 0 Å². The van der Waals surface area contributed by atoms with Gasteiger partial charge in [0.15, 0.2) is 9.84 Å². The van der Waals surface area contributed by atoms with Crippen molar-refractivity contribution in [3.63, 3.8) is 0 Å². The molecular weight excluding hydrogens is 282 g/mol. The molecule has 20 heavy (non-hydrogen) atoms. The summed E-state index contributed by atoms with van der Waals surface area (Å²) >= 11 is 0. The molecule has 0 aromatic heterocycles. The first kappa shape index (κ1) is 15.3. The van der Waals surface area contributed by atoms with Crippen LogP contribution < -0.4 is 5.11 Å². The Hall–Kier alpha value is -1.11. The minimum atomic E-state index is -3.06. The van der Waals surface area contributed by atoms with Crippen LogP contribution in [0.25, 0.3) is 0 Å². The van der Waals surface area contributed by atoms with Crippen LogP contribution in [0.15, 0.2) is 0 Å². The van der Waals surface area contributed by atoms with Crippen LogP contribution >= 0.6 is 0 Å². The number of nitrogens with zero attached hydrogens (tertiary/aromatic N) is 1.